The fraction of sp³-hybridized carbons (Fsp3) is 0.375. The minimum Gasteiger partial charge on any atom is -0.480 e. The Bertz CT molecular complexity index is 402. The molecule has 82 valence electrons. The summed E-state index contributed by atoms with van der Waals surface area (Å²) < 4.78 is 2.21. The van der Waals surface area contributed by atoms with Gasteiger partial charge in [0.2, 0.25) is 0 Å². The van der Waals surface area contributed by atoms with Crippen molar-refractivity contribution in [1.29, 1.82) is 0 Å². The van der Waals surface area contributed by atoms with Crippen molar-refractivity contribution in [1.82, 2.24) is 15.1 Å². The van der Waals surface area contributed by atoms with Gasteiger partial charge < -0.3 is 10.4 Å². The maximum Gasteiger partial charge on any atom is 0.325 e. The summed E-state index contributed by atoms with van der Waals surface area (Å²) in [6.07, 6.45) is 1.41. The summed E-state index contributed by atoms with van der Waals surface area (Å²) in [5.41, 5.74) is 0.381. The second-order valence-electron chi connectivity index (χ2n) is 3.01. The molecular weight excluding hydrogens is 313 g/mol. The number of aromatic nitrogens is 2. The minimum absolute atomic E-state index is 0.381. The SMILES string of the molecule is CC(NC(=O)c1cnn(C)c1I)C(=O)O. The molecule has 1 unspecified atom stereocenters. The lowest BCUT2D eigenvalue weighted by Gasteiger charge is -2.07. The quantitative estimate of drug-likeness (QED) is 0.780. The highest BCUT2D eigenvalue weighted by molar-refractivity contribution is 14.1. The van der Waals surface area contributed by atoms with Crippen LogP contribution in [0.5, 0.6) is 0 Å². The molecule has 0 saturated carbocycles. The molecule has 0 fully saturated rings. The van der Waals surface area contributed by atoms with Crippen molar-refractivity contribution >= 4 is 34.5 Å². The molecule has 0 aliphatic heterocycles. The maximum atomic E-state index is 11.6. The molecule has 1 atom stereocenters. The molecule has 1 aromatic rings. The Morgan fingerprint density at radius 2 is 2.27 bits per heavy atom. The molecule has 1 heterocycles. The molecule has 0 radical (unpaired) electrons. The lowest BCUT2D eigenvalue weighted by Crippen LogP contribution is -2.38. The highest BCUT2D eigenvalue weighted by Crippen LogP contribution is 2.10. The molecule has 0 aliphatic rings. The fourth-order valence-corrected chi connectivity index (χ4v) is 1.42. The number of rotatable bonds is 3. The van der Waals surface area contributed by atoms with E-state index in [1.165, 1.54) is 13.1 Å². The molecule has 0 spiro atoms. The van der Waals surface area contributed by atoms with Crippen LogP contribution in [0.3, 0.4) is 0 Å². The lowest BCUT2D eigenvalue weighted by atomic mass is 10.3. The summed E-state index contributed by atoms with van der Waals surface area (Å²) in [5, 5.41) is 14.9. The van der Waals surface area contributed by atoms with Crippen molar-refractivity contribution in [2.24, 2.45) is 7.05 Å². The summed E-state index contributed by atoms with van der Waals surface area (Å²) in [4.78, 5) is 22.1. The van der Waals surface area contributed by atoms with E-state index in [-0.39, 0.29) is 0 Å². The number of aryl methyl sites for hydroxylation is 1. The van der Waals surface area contributed by atoms with Gasteiger partial charge in [-0.3, -0.25) is 14.3 Å². The van der Waals surface area contributed by atoms with Gasteiger partial charge in [-0.25, -0.2) is 0 Å². The summed E-state index contributed by atoms with van der Waals surface area (Å²) in [5.74, 6) is -1.50. The molecule has 1 amide bonds. The number of hydrogen-bond acceptors (Lipinski definition) is 3. The Morgan fingerprint density at radius 3 is 2.67 bits per heavy atom. The fourth-order valence-electron chi connectivity index (χ4n) is 0.911. The van der Waals surface area contributed by atoms with E-state index >= 15 is 0 Å². The second kappa shape index (κ2) is 4.60. The number of carboxylic acid groups (broad SMARTS) is 1. The van der Waals surface area contributed by atoms with E-state index in [9.17, 15) is 9.59 Å². The summed E-state index contributed by atoms with van der Waals surface area (Å²) in [6.45, 7) is 1.41. The first-order valence-corrected chi connectivity index (χ1v) is 5.22. The van der Waals surface area contributed by atoms with Crippen molar-refractivity contribution < 1.29 is 14.7 Å². The monoisotopic (exact) mass is 323 g/mol. The van der Waals surface area contributed by atoms with Crippen molar-refractivity contribution in [3.8, 4) is 0 Å². The van der Waals surface area contributed by atoms with Crippen molar-refractivity contribution in [2.45, 2.75) is 13.0 Å². The van der Waals surface area contributed by atoms with Gasteiger partial charge in [0.05, 0.1) is 11.8 Å². The van der Waals surface area contributed by atoms with Gasteiger partial charge in [-0.2, -0.15) is 5.10 Å². The molecule has 1 rings (SSSR count). The first-order chi connectivity index (χ1) is 6.93. The van der Waals surface area contributed by atoms with Crippen LogP contribution in [0, 0.1) is 3.70 Å². The first-order valence-electron chi connectivity index (χ1n) is 4.14. The van der Waals surface area contributed by atoms with Crippen LogP contribution in [0.2, 0.25) is 0 Å². The van der Waals surface area contributed by atoms with Crippen LogP contribution in [0.25, 0.3) is 0 Å². The predicted octanol–water partition coefficient (Wildman–Crippen LogP) is 0.228. The van der Waals surface area contributed by atoms with Crippen LogP contribution in [-0.2, 0) is 11.8 Å². The molecule has 0 aromatic carbocycles. The summed E-state index contributed by atoms with van der Waals surface area (Å²) >= 11 is 1.97. The molecular formula is C8H10IN3O3. The topological polar surface area (TPSA) is 84.2 Å². The number of carboxylic acids is 1. The van der Waals surface area contributed by atoms with Crippen LogP contribution in [-0.4, -0.2) is 32.8 Å². The molecule has 0 bridgehead atoms. The third-order valence-electron chi connectivity index (χ3n) is 1.83. The maximum absolute atomic E-state index is 11.6. The largest absolute Gasteiger partial charge is 0.480 e. The van der Waals surface area contributed by atoms with Gasteiger partial charge in [0.25, 0.3) is 5.91 Å². The highest BCUT2D eigenvalue weighted by Gasteiger charge is 2.18. The van der Waals surface area contributed by atoms with Crippen molar-refractivity contribution in [2.75, 3.05) is 0 Å². The highest BCUT2D eigenvalue weighted by atomic mass is 127. The van der Waals surface area contributed by atoms with Gasteiger partial charge in [0.1, 0.15) is 9.74 Å². The number of hydrogen-bond donors (Lipinski definition) is 2. The third kappa shape index (κ3) is 2.67. The molecule has 0 saturated heterocycles. The normalized spacial score (nSPS) is 12.2. The van der Waals surface area contributed by atoms with Gasteiger partial charge in [0.15, 0.2) is 0 Å². The zero-order chi connectivity index (χ0) is 11.6. The van der Waals surface area contributed by atoms with E-state index in [0.29, 0.717) is 9.26 Å². The van der Waals surface area contributed by atoms with Gasteiger partial charge in [-0.15, -0.1) is 0 Å². The van der Waals surface area contributed by atoms with Gasteiger partial charge in [-0.05, 0) is 29.5 Å². The van der Waals surface area contributed by atoms with Crippen LogP contribution in [0.15, 0.2) is 6.20 Å². The molecule has 15 heavy (non-hydrogen) atoms. The van der Waals surface area contributed by atoms with Crippen LogP contribution in [0.1, 0.15) is 17.3 Å². The lowest BCUT2D eigenvalue weighted by molar-refractivity contribution is -0.138. The molecule has 6 nitrogen and oxygen atoms in total. The summed E-state index contributed by atoms with van der Waals surface area (Å²) in [7, 11) is 1.71. The number of nitrogens with one attached hydrogen (secondary N) is 1. The van der Waals surface area contributed by atoms with E-state index in [1.807, 2.05) is 22.6 Å². The average molecular weight is 323 g/mol. The zero-order valence-electron chi connectivity index (χ0n) is 8.19. The van der Waals surface area contributed by atoms with E-state index in [0.717, 1.165) is 0 Å². The average Bonchev–Trinajstić information content (AvgIpc) is 2.47. The van der Waals surface area contributed by atoms with Crippen LogP contribution in [0.4, 0.5) is 0 Å². The van der Waals surface area contributed by atoms with E-state index in [1.54, 1.807) is 11.7 Å². The van der Waals surface area contributed by atoms with E-state index < -0.39 is 17.9 Å². The Balaban J connectivity index is 2.78. The van der Waals surface area contributed by atoms with Gasteiger partial charge in [0, 0.05) is 7.05 Å². The van der Waals surface area contributed by atoms with Crippen LogP contribution >= 0.6 is 22.6 Å². The predicted molar refractivity (Wildman–Crippen MR) is 60.5 cm³/mol. The molecule has 2 N–H and O–H groups in total. The van der Waals surface area contributed by atoms with Gasteiger partial charge in [-0.1, -0.05) is 0 Å². The number of aliphatic carboxylic acids is 1. The Kier molecular flexibility index (Phi) is 3.66. The molecule has 1 aromatic heterocycles. The standard InChI is InChI=1S/C8H10IN3O3/c1-4(8(14)15)11-7(13)5-3-10-12(2)6(5)9/h3-4H,1-2H3,(H,11,13)(H,14,15). The minimum atomic E-state index is -1.07. The smallest absolute Gasteiger partial charge is 0.325 e. The van der Waals surface area contributed by atoms with Crippen LogP contribution < -0.4 is 5.32 Å². The zero-order valence-corrected chi connectivity index (χ0v) is 10.3. The number of carbonyl (C=O) groups excluding carboxylic acids is 1. The molecule has 7 heteroatoms. The van der Waals surface area contributed by atoms with Gasteiger partial charge >= 0.3 is 5.97 Å². The van der Waals surface area contributed by atoms with Crippen molar-refractivity contribution in [3.63, 3.8) is 0 Å². The number of carbonyl (C=O) groups is 2. The summed E-state index contributed by atoms with van der Waals surface area (Å²) in [6, 6.07) is -0.909. The number of amides is 1. The Labute approximate surface area is 99.8 Å². The molecule has 0 aliphatic carbocycles. The second-order valence-corrected chi connectivity index (χ2v) is 4.03. The Morgan fingerprint density at radius 1 is 1.67 bits per heavy atom. The van der Waals surface area contributed by atoms with E-state index in [2.05, 4.69) is 10.4 Å². The number of nitrogens with zero attached hydrogens (tertiary/aromatic N) is 2. The van der Waals surface area contributed by atoms with E-state index in [4.69, 9.17) is 5.11 Å². The number of halogens is 1. The first kappa shape index (κ1) is 12.0. The Hall–Kier alpha value is -1.12. The van der Waals surface area contributed by atoms with Crippen molar-refractivity contribution in [3.05, 3.63) is 15.5 Å². The third-order valence-corrected chi connectivity index (χ3v) is 3.11.